The quantitative estimate of drug-likeness (QED) is 0.243. The average Bonchev–Trinajstić information content (AvgIpc) is 3.46. The Labute approximate surface area is 202 Å². The van der Waals surface area contributed by atoms with Gasteiger partial charge >= 0.3 is 0 Å². The van der Waals surface area contributed by atoms with Crippen molar-refractivity contribution in [3.05, 3.63) is 60.1 Å². The number of aromatic nitrogens is 4. The molecule has 0 saturated heterocycles. The van der Waals surface area contributed by atoms with Gasteiger partial charge in [-0.1, -0.05) is 24.8 Å². The smallest absolute Gasteiger partial charge is 0.263 e. The van der Waals surface area contributed by atoms with Gasteiger partial charge in [0.05, 0.1) is 16.5 Å². The molecule has 33 heavy (non-hydrogen) atoms. The van der Waals surface area contributed by atoms with Gasteiger partial charge in [0.1, 0.15) is 15.5 Å². The van der Waals surface area contributed by atoms with Crippen LogP contribution in [0.5, 0.6) is 0 Å². The molecule has 4 heterocycles. The summed E-state index contributed by atoms with van der Waals surface area (Å²) in [5.74, 6) is 1.72. The molecule has 2 aliphatic rings. The molecule has 4 aromatic rings. The van der Waals surface area contributed by atoms with Crippen LogP contribution in [0, 0.1) is 5.92 Å². The first-order valence-corrected chi connectivity index (χ1v) is 14.0. The lowest BCUT2D eigenvalue weighted by molar-refractivity contribution is 0.509. The van der Waals surface area contributed by atoms with E-state index in [0.717, 1.165) is 59.0 Å². The molecule has 1 N–H and O–H groups in total. The van der Waals surface area contributed by atoms with Crippen LogP contribution in [0.3, 0.4) is 0 Å². The topological polar surface area (TPSA) is 80.6 Å². The first kappa shape index (κ1) is 21.3. The molecule has 0 aromatic carbocycles. The summed E-state index contributed by atoms with van der Waals surface area (Å²) in [5.41, 5.74) is 2.34. The van der Waals surface area contributed by atoms with Crippen molar-refractivity contribution >= 4 is 54.9 Å². The zero-order valence-electron chi connectivity index (χ0n) is 18.4. The second kappa shape index (κ2) is 8.21. The lowest BCUT2D eigenvalue weighted by Crippen LogP contribution is -2.23. The Balaban J connectivity index is 1.36. The van der Waals surface area contributed by atoms with Gasteiger partial charge in [0, 0.05) is 16.3 Å². The fraction of sp³-hybridized carbons (Fsp3) is 0.417. The van der Waals surface area contributed by atoms with Crippen molar-refractivity contribution in [1.82, 2.24) is 19.5 Å². The first-order valence-electron chi connectivity index (χ1n) is 11.4. The van der Waals surface area contributed by atoms with Crippen LogP contribution >= 0.6 is 34.4 Å². The van der Waals surface area contributed by atoms with Gasteiger partial charge in [0.2, 0.25) is 0 Å². The number of aromatic amines is 1. The van der Waals surface area contributed by atoms with E-state index in [1.807, 2.05) is 0 Å². The predicted molar refractivity (Wildman–Crippen MR) is 137 cm³/mol. The van der Waals surface area contributed by atoms with Gasteiger partial charge in [-0.25, -0.2) is 9.97 Å². The minimum Gasteiger partial charge on any atom is -0.309 e. The number of thiophene rings is 2. The number of fused-ring (bicyclic) bond motifs is 6. The van der Waals surface area contributed by atoms with Gasteiger partial charge < -0.3 is 4.98 Å². The minimum absolute atomic E-state index is 0.0127. The fourth-order valence-electron chi connectivity index (χ4n) is 5.05. The molecule has 2 aliphatic carbocycles. The maximum absolute atomic E-state index is 13.3. The minimum atomic E-state index is -0.0516. The average molecular weight is 497 g/mol. The maximum Gasteiger partial charge on any atom is 0.263 e. The molecule has 0 bridgehead atoms. The Hall–Kier alpha value is -2.23. The van der Waals surface area contributed by atoms with E-state index in [2.05, 4.69) is 18.5 Å². The molecular formula is C24H24N4O2S3. The molecule has 0 saturated carbocycles. The molecule has 9 heteroatoms. The van der Waals surface area contributed by atoms with E-state index in [-0.39, 0.29) is 11.1 Å². The van der Waals surface area contributed by atoms with Crippen LogP contribution in [0.15, 0.2) is 27.4 Å². The van der Waals surface area contributed by atoms with Crippen LogP contribution in [0.4, 0.5) is 0 Å². The third kappa shape index (κ3) is 3.52. The zero-order chi connectivity index (χ0) is 22.7. The van der Waals surface area contributed by atoms with E-state index in [0.29, 0.717) is 29.2 Å². The van der Waals surface area contributed by atoms with Gasteiger partial charge in [0.15, 0.2) is 5.16 Å². The summed E-state index contributed by atoms with van der Waals surface area (Å²) in [6.45, 7) is 6.50. The van der Waals surface area contributed by atoms with Gasteiger partial charge in [-0.05, 0) is 55.6 Å². The Kier molecular flexibility index (Phi) is 5.31. The van der Waals surface area contributed by atoms with E-state index in [1.165, 1.54) is 32.6 Å². The third-order valence-electron chi connectivity index (χ3n) is 6.65. The summed E-state index contributed by atoms with van der Waals surface area (Å²) in [6.07, 6.45) is 7.95. The van der Waals surface area contributed by atoms with Crippen LogP contribution in [0.1, 0.15) is 46.5 Å². The van der Waals surface area contributed by atoms with Crippen molar-refractivity contribution < 1.29 is 0 Å². The van der Waals surface area contributed by atoms with Gasteiger partial charge in [-0.2, -0.15) is 0 Å². The molecule has 170 valence electrons. The lowest BCUT2D eigenvalue weighted by Gasteiger charge is -2.17. The lowest BCUT2D eigenvalue weighted by atomic mass is 9.89. The number of aryl methyl sites for hydroxylation is 3. The van der Waals surface area contributed by atoms with E-state index in [9.17, 15) is 9.59 Å². The second-order valence-corrected chi connectivity index (χ2v) is 12.1. The number of thioether (sulfide) groups is 1. The van der Waals surface area contributed by atoms with Crippen molar-refractivity contribution in [1.29, 1.82) is 0 Å². The van der Waals surface area contributed by atoms with E-state index in [1.54, 1.807) is 33.3 Å². The Morgan fingerprint density at radius 2 is 1.91 bits per heavy atom. The molecule has 1 atom stereocenters. The number of nitrogens with zero attached hydrogens (tertiary/aromatic N) is 3. The van der Waals surface area contributed by atoms with Gasteiger partial charge in [-0.3, -0.25) is 14.2 Å². The zero-order valence-corrected chi connectivity index (χ0v) is 20.9. The third-order valence-corrected chi connectivity index (χ3v) is 9.98. The van der Waals surface area contributed by atoms with Crippen LogP contribution in [0.25, 0.3) is 20.4 Å². The monoisotopic (exact) mass is 496 g/mol. The van der Waals surface area contributed by atoms with Gasteiger partial charge in [-0.15, -0.1) is 29.3 Å². The standard InChI is InChI=1S/C24H24N4O2S3/c1-3-9-28-23(30)19-13-5-4-6-15(13)32-22(19)27-24(28)31-11-17-25-20(29)18-14-8-7-12(2)10-16(14)33-21(18)26-17/h3,12H,1,4-11H2,2H3,(H,25,26,29). The highest BCUT2D eigenvalue weighted by Gasteiger charge is 2.25. The molecule has 0 spiro atoms. The molecule has 0 amide bonds. The number of allylic oxidation sites excluding steroid dienone is 1. The fourth-order valence-corrected chi connectivity index (χ4v) is 8.64. The SMILES string of the molecule is C=CCn1c(SCc2nc3sc4c(c3c(=O)[nH]2)CCC(C)C4)nc2sc3c(c2c1=O)CCC3. The summed E-state index contributed by atoms with van der Waals surface area (Å²) in [7, 11) is 0. The summed E-state index contributed by atoms with van der Waals surface area (Å²) < 4.78 is 1.70. The highest BCUT2D eigenvalue weighted by atomic mass is 32.2. The molecule has 1 unspecified atom stereocenters. The Morgan fingerprint density at radius 3 is 2.76 bits per heavy atom. The van der Waals surface area contributed by atoms with E-state index in [4.69, 9.17) is 9.97 Å². The normalized spacial score (nSPS) is 17.5. The number of rotatable bonds is 5. The number of hydrogen-bond acceptors (Lipinski definition) is 7. The summed E-state index contributed by atoms with van der Waals surface area (Å²) in [5, 5.41) is 2.20. The number of nitrogens with one attached hydrogen (secondary N) is 1. The second-order valence-electron chi connectivity index (χ2n) is 8.97. The Bertz CT molecular complexity index is 1540. The highest BCUT2D eigenvalue weighted by molar-refractivity contribution is 7.98. The van der Waals surface area contributed by atoms with Crippen LogP contribution < -0.4 is 11.1 Å². The molecule has 0 aliphatic heterocycles. The molecule has 6 rings (SSSR count). The maximum atomic E-state index is 13.3. The number of hydrogen-bond donors (Lipinski definition) is 1. The Morgan fingerprint density at radius 1 is 1.12 bits per heavy atom. The summed E-state index contributed by atoms with van der Waals surface area (Å²) in [4.78, 5) is 43.2. The molecular weight excluding hydrogens is 472 g/mol. The van der Waals surface area contributed by atoms with Crippen molar-refractivity contribution in [3.8, 4) is 0 Å². The van der Waals surface area contributed by atoms with Crippen molar-refractivity contribution in [2.75, 3.05) is 0 Å². The number of H-pyrrole nitrogens is 1. The molecule has 0 radical (unpaired) electrons. The van der Waals surface area contributed by atoms with Crippen LogP contribution in [-0.4, -0.2) is 19.5 Å². The highest BCUT2D eigenvalue weighted by Crippen LogP contribution is 2.37. The first-order chi connectivity index (χ1) is 16.0. The van der Waals surface area contributed by atoms with Crippen LogP contribution in [0.2, 0.25) is 0 Å². The van der Waals surface area contributed by atoms with Crippen molar-refractivity contribution in [3.63, 3.8) is 0 Å². The van der Waals surface area contributed by atoms with E-state index < -0.39 is 0 Å². The largest absolute Gasteiger partial charge is 0.309 e. The van der Waals surface area contributed by atoms with Crippen molar-refractivity contribution in [2.45, 2.75) is 62.9 Å². The van der Waals surface area contributed by atoms with E-state index >= 15 is 0 Å². The molecule has 4 aromatic heterocycles. The van der Waals surface area contributed by atoms with Crippen LogP contribution in [-0.2, 0) is 38.0 Å². The molecule has 6 nitrogen and oxygen atoms in total. The summed E-state index contributed by atoms with van der Waals surface area (Å²) in [6, 6.07) is 0. The predicted octanol–water partition coefficient (Wildman–Crippen LogP) is 4.85. The van der Waals surface area contributed by atoms with Crippen molar-refractivity contribution in [2.24, 2.45) is 5.92 Å². The molecule has 0 fully saturated rings. The van der Waals surface area contributed by atoms with Gasteiger partial charge in [0.25, 0.3) is 11.1 Å². The summed E-state index contributed by atoms with van der Waals surface area (Å²) >= 11 is 4.75.